The van der Waals surface area contributed by atoms with Gasteiger partial charge in [-0.15, -0.1) is 0 Å². The summed E-state index contributed by atoms with van der Waals surface area (Å²) in [4.78, 5) is 47.4. The number of nitrogens with two attached hydrogens (primary N) is 1. The number of nitrogens with zero attached hydrogens (tertiary/aromatic N) is 2. The van der Waals surface area contributed by atoms with Crippen LogP contribution in [0.3, 0.4) is 0 Å². The number of aromatic nitrogens is 2. The minimum Gasteiger partial charge on any atom is -0.425 e. The Morgan fingerprint density at radius 2 is 1.79 bits per heavy atom. The molecule has 3 rings (SSSR count). The molecular formula is C19H18N4O5. The summed E-state index contributed by atoms with van der Waals surface area (Å²) in [5.74, 6) is -1.71. The minimum absolute atomic E-state index is 0.144. The number of hydrogen-bond donors (Lipinski definition) is 2. The van der Waals surface area contributed by atoms with Crippen LogP contribution in [0.25, 0.3) is 11.0 Å². The predicted octanol–water partition coefficient (Wildman–Crippen LogP) is 0.161. The van der Waals surface area contributed by atoms with Gasteiger partial charge >= 0.3 is 11.7 Å². The van der Waals surface area contributed by atoms with Crippen LogP contribution in [0.2, 0.25) is 0 Å². The molecule has 0 unspecified atom stereocenters. The molecule has 0 saturated carbocycles. The largest absolute Gasteiger partial charge is 0.425 e. The SMILES string of the molecule is Cn1c(=O)n(CC(=O)Oc2cccc(C(=O)NCC(N)=O)c2)c2ccccc21. The fourth-order valence-electron chi connectivity index (χ4n) is 2.78. The van der Waals surface area contributed by atoms with E-state index in [1.54, 1.807) is 31.3 Å². The van der Waals surface area contributed by atoms with Crippen molar-refractivity contribution >= 4 is 28.8 Å². The van der Waals surface area contributed by atoms with E-state index in [1.165, 1.54) is 33.4 Å². The number of esters is 1. The van der Waals surface area contributed by atoms with Gasteiger partial charge in [-0.1, -0.05) is 18.2 Å². The van der Waals surface area contributed by atoms with Crippen LogP contribution < -0.4 is 21.5 Å². The Balaban J connectivity index is 1.75. The quantitative estimate of drug-likeness (QED) is 0.464. The molecule has 3 N–H and O–H groups in total. The number of ether oxygens (including phenoxy) is 1. The van der Waals surface area contributed by atoms with Crippen molar-refractivity contribution in [2.75, 3.05) is 6.54 Å². The summed E-state index contributed by atoms with van der Waals surface area (Å²) in [7, 11) is 1.63. The topological polar surface area (TPSA) is 125 Å². The van der Waals surface area contributed by atoms with Gasteiger partial charge in [-0.3, -0.25) is 18.7 Å². The van der Waals surface area contributed by atoms with Crippen molar-refractivity contribution in [2.45, 2.75) is 6.54 Å². The highest BCUT2D eigenvalue weighted by Gasteiger charge is 2.15. The number of fused-ring (bicyclic) bond motifs is 1. The van der Waals surface area contributed by atoms with Crippen molar-refractivity contribution in [1.82, 2.24) is 14.5 Å². The van der Waals surface area contributed by atoms with Gasteiger partial charge < -0.3 is 15.8 Å². The van der Waals surface area contributed by atoms with Crippen LogP contribution in [0, 0.1) is 0 Å². The lowest BCUT2D eigenvalue weighted by atomic mass is 10.2. The molecular weight excluding hydrogens is 364 g/mol. The molecule has 0 saturated heterocycles. The molecule has 1 aromatic heterocycles. The number of carbonyl (C=O) groups is 3. The van der Waals surface area contributed by atoms with Crippen LogP contribution in [0.15, 0.2) is 53.3 Å². The van der Waals surface area contributed by atoms with Crippen molar-refractivity contribution in [1.29, 1.82) is 0 Å². The van der Waals surface area contributed by atoms with Crippen molar-refractivity contribution in [3.05, 3.63) is 64.6 Å². The number of hydrogen-bond acceptors (Lipinski definition) is 5. The number of nitrogens with one attached hydrogen (secondary N) is 1. The Labute approximate surface area is 159 Å². The molecule has 9 nitrogen and oxygen atoms in total. The lowest BCUT2D eigenvalue weighted by Gasteiger charge is -2.07. The van der Waals surface area contributed by atoms with Gasteiger partial charge in [0.2, 0.25) is 5.91 Å². The van der Waals surface area contributed by atoms with E-state index >= 15 is 0 Å². The molecule has 0 spiro atoms. The average molecular weight is 382 g/mol. The van der Waals surface area contributed by atoms with Gasteiger partial charge in [0.1, 0.15) is 12.3 Å². The molecule has 0 aliphatic rings. The van der Waals surface area contributed by atoms with Crippen molar-refractivity contribution in [2.24, 2.45) is 12.8 Å². The third kappa shape index (κ3) is 3.93. The smallest absolute Gasteiger partial charge is 0.331 e. The molecule has 0 radical (unpaired) electrons. The second kappa shape index (κ2) is 7.78. The Kier molecular flexibility index (Phi) is 5.25. The lowest BCUT2D eigenvalue weighted by molar-refractivity contribution is -0.135. The van der Waals surface area contributed by atoms with Gasteiger partial charge in [0.05, 0.1) is 17.6 Å². The van der Waals surface area contributed by atoms with E-state index in [9.17, 15) is 19.2 Å². The van der Waals surface area contributed by atoms with E-state index in [4.69, 9.17) is 10.5 Å². The first kappa shape index (κ1) is 18.9. The zero-order chi connectivity index (χ0) is 20.3. The Hall–Kier alpha value is -3.88. The molecule has 1 heterocycles. The second-order valence-corrected chi connectivity index (χ2v) is 6.07. The maximum Gasteiger partial charge on any atom is 0.331 e. The highest BCUT2D eigenvalue weighted by Crippen LogP contribution is 2.15. The Morgan fingerprint density at radius 1 is 1.07 bits per heavy atom. The molecule has 0 aliphatic heterocycles. The van der Waals surface area contributed by atoms with Crippen LogP contribution in [0.5, 0.6) is 5.75 Å². The van der Waals surface area contributed by atoms with Gasteiger partial charge in [0.25, 0.3) is 5.91 Å². The molecule has 0 bridgehead atoms. The molecule has 0 fully saturated rings. The standard InChI is InChI=1S/C19H18N4O5/c1-22-14-7-2-3-8-15(14)23(19(22)27)11-17(25)28-13-6-4-5-12(9-13)18(26)21-10-16(20)24/h2-9H,10-11H2,1H3,(H2,20,24)(H,21,26). The van der Waals surface area contributed by atoms with E-state index in [2.05, 4.69) is 5.32 Å². The van der Waals surface area contributed by atoms with E-state index in [0.717, 1.165) is 0 Å². The Bertz CT molecular complexity index is 1130. The van der Waals surface area contributed by atoms with Gasteiger partial charge in [-0.2, -0.15) is 0 Å². The van der Waals surface area contributed by atoms with Gasteiger partial charge in [0, 0.05) is 12.6 Å². The maximum atomic E-state index is 12.4. The normalized spacial score (nSPS) is 10.6. The predicted molar refractivity (Wildman–Crippen MR) is 101 cm³/mol. The zero-order valence-corrected chi connectivity index (χ0v) is 15.0. The van der Waals surface area contributed by atoms with Crippen LogP contribution in [0.4, 0.5) is 0 Å². The summed E-state index contributed by atoms with van der Waals surface area (Å²) >= 11 is 0. The van der Waals surface area contributed by atoms with Gasteiger partial charge in [-0.05, 0) is 30.3 Å². The van der Waals surface area contributed by atoms with Crippen molar-refractivity contribution in [3.8, 4) is 5.75 Å². The molecule has 144 valence electrons. The first-order valence-corrected chi connectivity index (χ1v) is 8.38. The fraction of sp³-hybridized carbons (Fsp3) is 0.158. The van der Waals surface area contributed by atoms with Crippen molar-refractivity contribution in [3.63, 3.8) is 0 Å². The maximum absolute atomic E-state index is 12.4. The fourth-order valence-corrected chi connectivity index (χ4v) is 2.78. The first-order chi connectivity index (χ1) is 13.4. The number of para-hydroxylation sites is 2. The zero-order valence-electron chi connectivity index (χ0n) is 15.0. The summed E-state index contributed by atoms with van der Waals surface area (Å²) in [6, 6.07) is 13.0. The van der Waals surface area contributed by atoms with Crippen LogP contribution >= 0.6 is 0 Å². The molecule has 3 aromatic rings. The number of aryl methyl sites for hydroxylation is 1. The van der Waals surface area contributed by atoms with E-state index in [-0.39, 0.29) is 30.1 Å². The number of amides is 2. The third-order valence-electron chi connectivity index (χ3n) is 4.09. The van der Waals surface area contributed by atoms with E-state index < -0.39 is 17.8 Å². The lowest BCUT2D eigenvalue weighted by Crippen LogP contribution is -2.33. The Morgan fingerprint density at radius 3 is 2.50 bits per heavy atom. The second-order valence-electron chi connectivity index (χ2n) is 6.07. The molecule has 9 heteroatoms. The monoisotopic (exact) mass is 382 g/mol. The number of carbonyl (C=O) groups excluding carboxylic acids is 3. The summed E-state index contributed by atoms with van der Waals surface area (Å²) in [5, 5.41) is 2.35. The number of imidazole rings is 1. The average Bonchev–Trinajstić information content (AvgIpc) is 2.91. The highest BCUT2D eigenvalue weighted by atomic mass is 16.5. The highest BCUT2D eigenvalue weighted by molar-refractivity contribution is 5.96. The molecule has 28 heavy (non-hydrogen) atoms. The molecule has 2 amide bonds. The minimum atomic E-state index is -0.670. The summed E-state index contributed by atoms with van der Waals surface area (Å²) in [5.41, 5.74) is 6.18. The number of benzene rings is 2. The van der Waals surface area contributed by atoms with Crippen LogP contribution in [-0.2, 0) is 23.2 Å². The number of rotatable bonds is 6. The number of primary amides is 1. The molecule has 0 aliphatic carbocycles. The molecule has 2 aromatic carbocycles. The third-order valence-corrected chi connectivity index (χ3v) is 4.09. The van der Waals surface area contributed by atoms with Gasteiger partial charge in [0.15, 0.2) is 0 Å². The summed E-state index contributed by atoms with van der Waals surface area (Å²) < 4.78 is 8.04. The summed E-state index contributed by atoms with van der Waals surface area (Å²) in [6.07, 6.45) is 0. The van der Waals surface area contributed by atoms with E-state index in [1.807, 2.05) is 0 Å². The molecule has 0 atom stereocenters. The first-order valence-electron chi connectivity index (χ1n) is 8.38. The summed E-state index contributed by atoms with van der Waals surface area (Å²) in [6.45, 7) is -0.578. The van der Waals surface area contributed by atoms with Crippen molar-refractivity contribution < 1.29 is 19.1 Å². The van der Waals surface area contributed by atoms with E-state index in [0.29, 0.717) is 11.0 Å². The van der Waals surface area contributed by atoms with Gasteiger partial charge in [-0.25, -0.2) is 9.59 Å². The van der Waals surface area contributed by atoms with Crippen LogP contribution in [0.1, 0.15) is 10.4 Å². The van der Waals surface area contributed by atoms with Crippen LogP contribution in [-0.4, -0.2) is 33.5 Å².